The summed E-state index contributed by atoms with van der Waals surface area (Å²) in [5.74, 6) is -80.9. The molecule has 436 valence electrons. The molecule has 11 unspecified atom stereocenters. The molecule has 0 aliphatic heterocycles. The number of carbonyl (C=O) groups excluding carboxylic acids is 1. The Morgan fingerprint density at radius 3 is 0.763 bits per heavy atom. The standard InChI is InChI=1S/C42H52F12O22/c1-3-16(26(55)56)5-18(28(59)60)7-20(30(63)64)9-22(32(67)68)11-24(34(71)72)13-25(35(73)74)12-23(33(69)70)10-21(31(65)66)8-19(29(61)62)6-17(27(57)58)4-15(2)36(75)76-14-38(45,46)40(49,50)42(53,54)41(51,52)39(47,48)37(43)44/h15-25,37H,3-14H2,1-2H3,(H,55,56)(H,57,58)(H,59,60)(H,61,62)(H,63,64)(H,65,66)(H,67,68)(H,69,70)(H,71,72)(H,73,74). The molecule has 0 aliphatic carbocycles. The average molecular weight is 1140 g/mol. The van der Waals surface area contributed by atoms with E-state index in [2.05, 4.69) is 4.74 Å². The number of carbonyl (C=O) groups is 11. The predicted octanol–water partition coefficient (Wildman–Crippen LogP) is 5.93. The molecule has 0 heterocycles. The van der Waals surface area contributed by atoms with Gasteiger partial charge in [-0.05, 0) is 70.6 Å². The van der Waals surface area contributed by atoms with Gasteiger partial charge in [0.2, 0.25) is 0 Å². The summed E-state index contributed by atoms with van der Waals surface area (Å²) < 4.78 is 166. The summed E-state index contributed by atoms with van der Waals surface area (Å²) in [5, 5.41) is 98.2. The van der Waals surface area contributed by atoms with E-state index in [1.54, 1.807) is 0 Å². The molecule has 0 radical (unpaired) electrons. The normalized spacial score (nSPS) is 17.0. The van der Waals surface area contributed by atoms with Gasteiger partial charge in [0.1, 0.15) is 0 Å². The van der Waals surface area contributed by atoms with Gasteiger partial charge in [-0.2, -0.15) is 43.9 Å². The molecule has 0 fully saturated rings. The van der Waals surface area contributed by atoms with Crippen LogP contribution in [0.25, 0.3) is 0 Å². The second-order valence-electron chi connectivity index (χ2n) is 18.0. The number of rotatable bonds is 39. The van der Waals surface area contributed by atoms with Gasteiger partial charge in [0.15, 0.2) is 6.61 Å². The highest BCUT2D eigenvalue weighted by Crippen LogP contribution is 2.58. The van der Waals surface area contributed by atoms with Crippen molar-refractivity contribution < 1.29 is 161 Å². The molecule has 0 aliphatic rings. The zero-order valence-corrected chi connectivity index (χ0v) is 39.3. The van der Waals surface area contributed by atoms with E-state index < -0.39 is 238 Å². The Bertz CT molecular complexity index is 2120. The molecule has 0 aromatic carbocycles. The molecular formula is C42H52F12O22. The maximum absolute atomic E-state index is 14.2. The van der Waals surface area contributed by atoms with Gasteiger partial charge in [-0.3, -0.25) is 52.7 Å². The van der Waals surface area contributed by atoms with Crippen molar-refractivity contribution in [3.8, 4) is 0 Å². The number of ether oxygens (including phenoxy) is 1. The van der Waals surface area contributed by atoms with Gasteiger partial charge >= 0.3 is 102 Å². The minimum atomic E-state index is -7.99. The molecule has 10 N–H and O–H groups in total. The summed E-state index contributed by atoms with van der Waals surface area (Å²) in [5.41, 5.74) is 0. The first-order valence-electron chi connectivity index (χ1n) is 22.0. The molecule has 76 heavy (non-hydrogen) atoms. The third-order valence-electron chi connectivity index (χ3n) is 12.5. The zero-order valence-electron chi connectivity index (χ0n) is 39.3. The number of carboxylic acid groups (broad SMARTS) is 10. The van der Waals surface area contributed by atoms with Crippen LogP contribution in [-0.2, 0) is 57.5 Å². The van der Waals surface area contributed by atoms with Crippen molar-refractivity contribution in [1.82, 2.24) is 0 Å². The summed E-state index contributed by atoms with van der Waals surface area (Å²) in [7, 11) is 0. The monoisotopic (exact) mass is 1140 g/mol. The molecule has 0 saturated carbocycles. The molecule has 22 nitrogen and oxygen atoms in total. The summed E-state index contributed by atoms with van der Waals surface area (Å²) in [4.78, 5) is 134. The van der Waals surface area contributed by atoms with Crippen LogP contribution in [0.3, 0.4) is 0 Å². The lowest BCUT2D eigenvalue weighted by atomic mass is 9.76. The van der Waals surface area contributed by atoms with Gasteiger partial charge in [0, 0.05) is 0 Å². The van der Waals surface area contributed by atoms with Crippen molar-refractivity contribution in [2.45, 2.75) is 121 Å². The largest absolute Gasteiger partial charge is 0.481 e. The van der Waals surface area contributed by atoms with Crippen LogP contribution >= 0.6 is 0 Å². The van der Waals surface area contributed by atoms with E-state index in [9.17, 15) is 156 Å². The smallest absolute Gasteiger partial charge is 0.384 e. The first-order valence-corrected chi connectivity index (χ1v) is 22.0. The van der Waals surface area contributed by atoms with Crippen LogP contribution in [0.5, 0.6) is 0 Å². The number of alkyl halides is 12. The van der Waals surface area contributed by atoms with Gasteiger partial charge < -0.3 is 55.8 Å². The first kappa shape index (κ1) is 69.3. The van der Waals surface area contributed by atoms with Gasteiger partial charge in [-0.25, -0.2) is 8.78 Å². The Morgan fingerprint density at radius 1 is 0.355 bits per heavy atom. The Morgan fingerprint density at radius 2 is 0.566 bits per heavy atom. The molecule has 34 heteroatoms. The summed E-state index contributed by atoms with van der Waals surface area (Å²) in [6, 6.07) is 0. The quantitative estimate of drug-likeness (QED) is 0.0252. The van der Waals surface area contributed by atoms with E-state index >= 15 is 0 Å². The molecule has 0 aromatic rings. The lowest BCUT2D eigenvalue weighted by Gasteiger charge is -2.38. The topological polar surface area (TPSA) is 399 Å². The van der Waals surface area contributed by atoms with Crippen LogP contribution in [0.15, 0.2) is 0 Å². The summed E-state index contributed by atoms with van der Waals surface area (Å²) >= 11 is 0. The van der Waals surface area contributed by atoms with Crippen LogP contribution in [0.1, 0.15) is 84.5 Å². The molecule has 11 atom stereocenters. The number of hydrogen-bond donors (Lipinski definition) is 10. The van der Waals surface area contributed by atoms with E-state index in [-0.39, 0.29) is 6.42 Å². The highest BCUT2D eigenvalue weighted by atomic mass is 19.4. The van der Waals surface area contributed by atoms with Crippen LogP contribution in [0.2, 0.25) is 0 Å². The Kier molecular flexibility index (Phi) is 25.5. The second kappa shape index (κ2) is 27.9. The van der Waals surface area contributed by atoms with Crippen molar-refractivity contribution in [1.29, 1.82) is 0 Å². The third kappa shape index (κ3) is 18.3. The van der Waals surface area contributed by atoms with E-state index in [0.717, 1.165) is 0 Å². The van der Waals surface area contributed by atoms with Crippen LogP contribution in [0, 0.1) is 65.1 Å². The van der Waals surface area contributed by atoms with Crippen molar-refractivity contribution in [2.24, 2.45) is 65.1 Å². The molecule has 0 rings (SSSR count). The minimum absolute atomic E-state index is 0.0934. The number of esters is 1. The van der Waals surface area contributed by atoms with Gasteiger partial charge in [-0.1, -0.05) is 13.8 Å². The minimum Gasteiger partial charge on any atom is -0.481 e. The number of hydrogen-bond acceptors (Lipinski definition) is 12. The van der Waals surface area contributed by atoms with Gasteiger partial charge in [0.05, 0.1) is 65.1 Å². The van der Waals surface area contributed by atoms with Crippen molar-refractivity contribution >= 4 is 65.7 Å². The van der Waals surface area contributed by atoms with Gasteiger partial charge in [0.25, 0.3) is 0 Å². The number of halogens is 12. The molecule has 0 aromatic heterocycles. The third-order valence-corrected chi connectivity index (χ3v) is 12.5. The summed E-state index contributed by atoms with van der Waals surface area (Å²) in [6.07, 6.45) is -16.9. The lowest BCUT2D eigenvalue weighted by Crippen LogP contribution is -2.69. The highest BCUT2D eigenvalue weighted by Gasteiger charge is 2.88. The molecule has 0 saturated heterocycles. The first-order chi connectivity index (χ1) is 34.4. The number of aliphatic carboxylic acids is 10. The SMILES string of the molecule is CCC(CC(CC(CC(CC(CC(CC(CC(CC(CC(CC(C)C(=O)OCC(F)(F)C(F)(F)C(F)(F)C(F)(F)C(F)(F)C(F)F)C(=O)O)C(=O)O)C(=O)O)C(=O)O)C(=O)O)C(=O)O)C(=O)O)C(=O)O)C(=O)O)C(=O)O. The van der Waals surface area contributed by atoms with E-state index in [1.165, 1.54) is 6.92 Å². The molecule has 0 bridgehead atoms. The van der Waals surface area contributed by atoms with E-state index in [1.807, 2.05) is 0 Å². The Labute approximate surface area is 419 Å². The van der Waals surface area contributed by atoms with Crippen LogP contribution < -0.4 is 0 Å². The van der Waals surface area contributed by atoms with Crippen molar-refractivity contribution in [2.75, 3.05) is 6.61 Å². The zero-order chi connectivity index (χ0) is 60.0. The Balaban J connectivity index is 6.48. The average Bonchev–Trinajstić information content (AvgIpc) is 3.27. The molecular weight excluding hydrogens is 1080 g/mol. The van der Waals surface area contributed by atoms with Crippen molar-refractivity contribution in [3.63, 3.8) is 0 Å². The highest BCUT2D eigenvalue weighted by molar-refractivity contribution is 5.80. The van der Waals surface area contributed by atoms with Gasteiger partial charge in [-0.15, -0.1) is 0 Å². The van der Waals surface area contributed by atoms with Crippen molar-refractivity contribution in [3.05, 3.63) is 0 Å². The molecule has 0 spiro atoms. The van der Waals surface area contributed by atoms with Crippen LogP contribution in [-0.4, -0.2) is 159 Å². The summed E-state index contributed by atoms with van der Waals surface area (Å²) in [6.45, 7) is -1.46. The fourth-order valence-corrected chi connectivity index (χ4v) is 7.90. The lowest BCUT2D eigenvalue weighted by molar-refractivity contribution is -0.414. The fourth-order valence-electron chi connectivity index (χ4n) is 7.90. The maximum Gasteiger partial charge on any atom is 0.384 e. The number of carboxylic acids is 10. The van der Waals surface area contributed by atoms with E-state index in [4.69, 9.17) is 0 Å². The fraction of sp³-hybridized carbons (Fsp3) is 0.738. The predicted molar refractivity (Wildman–Crippen MR) is 219 cm³/mol. The van der Waals surface area contributed by atoms with Crippen LogP contribution in [0.4, 0.5) is 52.7 Å². The second-order valence-corrected chi connectivity index (χ2v) is 18.0. The molecule has 0 amide bonds. The Hall–Kier alpha value is -6.67. The van der Waals surface area contributed by atoms with E-state index in [0.29, 0.717) is 6.92 Å². The maximum atomic E-state index is 14.2.